The highest BCUT2D eigenvalue weighted by Gasteiger charge is 2.03. The second-order valence-corrected chi connectivity index (χ2v) is 3.67. The van der Waals surface area contributed by atoms with Crippen LogP contribution in [0.4, 0.5) is 0 Å². The summed E-state index contributed by atoms with van der Waals surface area (Å²) >= 11 is 0. The van der Waals surface area contributed by atoms with Crippen molar-refractivity contribution in [3.05, 3.63) is 11.9 Å². The van der Waals surface area contributed by atoms with Gasteiger partial charge in [0.25, 0.3) is 0 Å². The molecule has 0 saturated carbocycles. The summed E-state index contributed by atoms with van der Waals surface area (Å²) in [6.07, 6.45) is 1.67. The van der Waals surface area contributed by atoms with E-state index < -0.39 is 0 Å². The summed E-state index contributed by atoms with van der Waals surface area (Å²) in [6.45, 7) is 4.77. The number of nitrogens with one attached hydrogen (secondary N) is 2. The topological polar surface area (TPSA) is 71.8 Å². The fourth-order valence-corrected chi connectivity index (χ4v) is 1.15. The van der Waals surface area contributed by atoms with Gasteiger partial charge >= 0.3 is 0 Å². The van der Waals surface area contributed by atoms with Gasteiger partial charge in [-0.25, -0.2) is 0 Å². The molecule has 0 saturated heterocycles. The molecule has 0 unspecified atom stereocenters. The number of rotatable bonds is 5. The first-order valence-electron chi connectivity index (χ1n) is 4.93. The van der Waals surface area contributed by atoms with Crippen molar-refractivity contribution in [2.45, 2.75) is 26.4 Å². The molecule has 1 amide bonds. The van der Waals surface area contributed by atoms with Crippen LogP contribution in [0.1, 0.15) is 19.5 Å². The Labute approximate surface area is 89.0 Å². The number of carbonyl (C=O) groups is 1. The molecule has 0 aromatic carbocycles. The van der Waals surface area contributed by atoms with Gasteiger partial charge in [0.05, 0.1) is 18.4 Å². The van der Waals surface area contributed by atoms with Crippen molar-refractivity contribution in [1.29, 1.82) is 0 Å². The Hall–Kier alpha value is -1.43. The van der Waals surface area contributed by atoms with Crippen LogP contribution in [0.3, 0.4) is 0 Å². The van der Waals surface area contributed by atoms with E-state index >= 15 is 0 Å². The lowest BCUT2D eigenvalue weighted by Gasteiger charge is -2.08. The monoisotopic (exact) mass is 211 g/mol. The first kappa shape index (κ1) is 11.6. The van der Waals surface area contributed by atoms with Crippen LogP contribution < -0.4 is 10.6 Å². The maximum absolute atomic E-state index is 11.3. The van der Waals surface area contributed by atoms with Crippen molar-refractivity contribution in [2.75, 3.05) is 6.54 Å². The second kappa shape index (κ2) is 5.45. The summed E-state index contributed by atoms with van der Waals surface area (Å²) in [5, 5.41) is 13.3. The number of carbonyl (C=O) groups excluding carboxylic acids is 1. The van der Waals surface area contributed by atoms with Gasteiger partial charge in [-0.05, 0) is 13.8 Å². The number of amides is 1. The molecule has 2 N–H and O–H groups in total. The molecular formula is C9H17N5O. The largest absolute Gasteiger partial charge is 0.353 e. The van der Waals surface area contributed by atoms with Crippen molar-refractivity contribution in [3.8, 4) is 0 Å². The molecule has 0 aliphatic heterocycles. The highest BCUT2D eigenvalue weighted by Crippen LogP contribution is 1.91. The molecule has 1 heterocycles. The minimum atomic E-state index is 0.000118. The van der Waals surface area contributed by atoms with Crippen molar-refractivity contribution in [3.63, 3.8) is 0 Å². The van der Waals surface area contributed by atoms with Gasteiger partial charge in [-0.3, -0.25) is 9.48 Å². The molecule has 0 aliphatic carbocycles. The van der Waals surface area contributed by atoms with Gasteiger partial charge in [0.2, 0.25) is 5.91 Å². The zero-order valence-electron chi connectivity index (χ0n) is 9.32. The lowest BCUT2D eigenvalue weighted by Crippen LogP contribution is -2.37. The smallest absolute Gasteiger partial charge is 0.234 e. The number of hydrogen-bond donors (Lipinski definition) is 2. The SMILES string of the molecule is CC(C)NC(=O)CNCc1cnnn1C. The third-order valence-electron chi connectivity index (χ3n) is 1.85. The van der Waals surface area contributed by atoms with Gasteiger partial charge in [0.15, 0.2) is 0 Å². The minimum absolute atomic E-state index is 0.000118. The van der Waals surface area contributed by atoms with Crippen molar-refractivity contribution in [1.82, 2.24) is 25.6 Å². The van der Waals surface area contributed by atoms with E-state index in [1.54, 1.807) is 10.9 Å². The summed E-state index contributed by atoms with van der Waals surface area (Å²) in [6, 6.07) is 0.178. The minimum Gasteiger partial charge on any atom is -0.353 e. The van der Waals surface area contributed by atoms with Gasteiger partial charge in [0, 0.05) is 19.6 Å². The molecule has 1 aromatic rings. The van der Waals surface area contributed by atoms with Crippen molar-refractivity contribution >= 4 is 5.91 Å². The molecule has 1 aromatic heterocycles. The zero-order valence-corrected chi connectivity index (χ0v) is 9.32. The molecule has 0 aliphatic rings. The molecule has 0 radical (unpaired) electrons. The number of aromatic nitrogens is 3. The van der Waals surface area contributed by atoms with Crippen LogP contribution in [0, 0.1) is 0 Å². The average molecular weight is 211 g/mol. The molecule has 0 bridgehead atoms. The molecule has 0 spiro atoms. The number of hydrogen-bond acceptors (Lipinski definition) is 4. The Balaban J connectivity index is 2.22. The van der Waals surface area contributed by atoms with E-state index in [-0.39, 0.29) is 11.9 Å². The van der Waals surface area contributed by atoms with Gasteiger partial charge in [0.1, 0.15) is 0 Å². The van der Waals surface area contributed by atoms with Gasteiger partial charge in [-0.15, -0.1) is 5.10 Å². The van der Waals surface area contributed by atoms with Crippen molar-refractivity contribution < 1.29 is 4.79 Å². The van der Waals surface area contributed by atoms with E-state index in [0.717, 1.165) is 5.69 Å². The van der Waals surface area contributed by atoms with Crippen molar-refractivity contribution in [2.24, 2.45) is 7.05 Å². The Bertz CT molecular complexity index is 320. The number of aryl methyl sites for hydroxylation is 1. The average Bonchev–Trinajstić information content (AvgIpc) is 2.50. The lowest BCUT2D eigenvalue weighted by molar-refractivity contribution is -0.120. The fourth-order valence-electron chi connectivity index (χ4n) is 1.15. The van der Waals surface area contributed by atoms with Gasteiger partial charge in [-0.2, -0.15) is 0 Å². The van der Waals surface area contributed by atoms with Crippen LogP contribution in [0.25, 0.3) is 0 Å². The van der Waals surface area contributed by atoms with E-state index in [1.807, 2.05) is 20.9 Å². The molecule has 84 valence electrons. The highest BCUT2D eigenvalue weighted by molar-refractivity contribution is 5.78. The maximum Gasteiger partial charge on any atom is 0.234 e. The van der Waals surface area contributed by atoms with E-state index in [1.165, 1.54) is 0 Å². The first-order valence-corrected chi connectivity index (χ1v) is 4.93. The Kier molecular flexibility index (Phi) is 4.23. The Morgan fingerprint density at radius 2 is 2.33 bits per heavy atom. The van der Waals surface area contributed by atoms with E-state index in [4.69, 9.17) is 0 Å². The van der Waals surface area contributed by atoms with E-state index in [2.05, 4.69) is 20.9 Å². The zero-order chi connectivity index (χ0) is 11.3. The molecule has 1 rings (SSSR count). The summed E-state index contributed by atoms with van der Waals surface area (Å²) in [7, 11) is 1.82. The van der Waals surface area contributed by atoms with E-state index in [0.29, 0.717) is 13.1 Å². The summed E-state index contributed by atoms with van der Waals surface area (Å²) in [4.78, 5) is 11.3. The molecular weight excluding hydrogens is 194 g/mol. The maximum atomic E-state index is 11.3. The predicted molar refractivity (Wildman–Crippen MR) is 56.0 cm³/mol. The second-order valence-electron chi connectivity index (χ2n) is 3.67. The van der Waals surface area contributed by atoms with Crippen LogP contribution in [-0.2, 0) is 18.4 Å². The molecule has 6 nitrogen and oxygen atoms in total. The molecule has 15 heavy (non-hydrogen) atoms. The fraction of sp³-hybridized carbons (Fsp3) is 0.667. The molecule has 0 fully saturated rings. The lowest BCUT2D eigenvalue weighted by atomic mass is 10.4. The van der Waals surface area contributed by atoms with Crippen LogP contribution >= 0.6 is 0 Å². The predicted octanol–water partition coefficient (Wildman–Crippen LogP) is -0.571. The highest BCUT2D eigenvalue weighted by atomic mass is 16.1. The van der Waals surface area contributed by atoms with Gasteiger partial charge in [-0.1, -0.05) is 5.21 Å². The quantitative estimate of drug-likeness (QED) is 0.684. The van der Waals surface area contributed by atoms with E-state index in [9.17, 15) is 4.79 Å². The molecule has 0 atom stereocenters. The third-order valence-corrected chi connectivity index (χ3v) is 1.85. The first-order chi connectivity index (χ1) is 7.09. The third kappa shape index (κ3) is 4.07. The Morgan fingerprint density at radius 1 is 1.60 bits per heavy atom. The number of nitrogens with zero attached hydrogens (tertiary/aromatic N) is 3. The standard InChI is InChI=1S/C9H17N5O/c1-7(2)12-9(15)6-10-4-8-5-11-13-14(8)3/h5,7,10H,4,6H2,1-3H3,(H,12,15). The Morgan fingerprint density at radius 3 is 2.87 bits per heavy atom. The van der Waals surface area contributed by atoms with Gasteiger partial charge < -0.3 is 10.6 Å². The normalized spacial score (nSPS) is 10.7. The summed E-state index contributed by atoms with van der Waals surface area (Å²) in [5.74, 6) is 0.000118. The van der Waals surface area contributed by atoms with Crippen LogP contribution in [0.5, 0.6) is 0 Å². The van der Waals surface area contributed by atoms with Crippen LogP contribution in [0.2, 0.25) is 0 Å². The summed E-state index contributed by atoms with van der Waals surface area (Å²) in [5.41, 5.74) is 0.951. The summed E-state index contributed by atoms with van der Waals surface area (Å²) < 4.78 is 1.67. The van der Waals surface area contributed by atoms with Crippen LogP contribution in [-0.4, -0.2) is 33.5 Å². The van der Waals surface area contributed by atoms with Crippen LogP contribution in [0.15, 0.2) is 6.20 Å². The molecule has 6 heteroatoms.